The Bertz CT molecular complexity index is 972. The van der Waals surface area contributed by atoms with E-state index in [4.69, 9.17) is 15.2 Å². The minimum Gasteiger partial charge on any atom is -0.465 e. The van der Waals surface area contributed by atoms with Crippen molar-refractivity contribution in [3.05, 3.63) is 52.6 Å². The number of hydrogen-bond acceptors (Lipinski definition) is 6. The van der Waals surface area contributed by atoms with E-state index in [0.29, 0.717) is 23.4 Å². The molecule has 0 aromatic heterocycles. The number of methoxy groups -OCH3 is 1. The quantitative estimate of drug-likeness (QED) is 0.733. The highest BCUT2D eigenvalue weighted by molar-refractivity contribution is 6.22. The van der Waals surface area contributed by atoms with E-state index in [1.807, 2.05) is 13.8 Å². The Morgan fingerprint density at radius 2 is 1.93 bits per heavy atom. The second-order valence-electron chi connectivity index (χ2n) is 7.82. The molecule has 1 amide bonds. The summed E-state index contributed by atoms with van der Waals surface area (Å²) in [4.78, 5) is 39.1. The van der Waals surface area contributed by atoms with Crippen molar-refractivity contribution in [2.45, 2.75) is 32.1 Å². The second-order valence-corrected chi connectivity index (χ2v) is 7.82. The van der Waals surface area contributed by atoms with Crippen LogP contribution in [-0.2, 0) is 29.3 Å². The average molecular weight is 368 g/mol. The van der Waals surface area contributed by atoms with Crippen molar-refractivity contribution >= 4 is 23.3 Å². The standard InChI is InChI=1S/C20H20N2O5/c1-19(2)8-12(23)14-13(9-19)27-16(21)15(17(24)26-3)20(14)10-6-4-5-7-11(10)22-18(20)25/h4-7H,8-9,21H2,1-3H3,(H,22,25)/t20-/m1/s1. The van der Waals surface area contributed by atoms with Crippen LogP contribution in [0.25, 0.3) is 0 Å². The summed E-state index contributed by atoms with van der Waals surface area (Å²) in [6.45, 7) is 3.90. The lowest BCUT2D eigenvalue weighted by molar-refractivity contribution is -0.139. The van der Waals surface area contributed by atoms with E-state index in [0.717, 1.165) is 0 Å². The maximum absolute atomic E-state index is 13.3. The van der Waals surface area contributed by atoms with Gasteiger partial charge in [-0.25, -0.2) is 4.79 Å². The summed E-state index contributed by atoms with van der Waals surface area (Å²) in [5.74, 6) is -1.41. The number of fused-ring (bicyclic) bond motifs is 3. The van der Waals surface area contributed by atoms with Gasteiger partial charge in [0.15, 0.2) is 5.78 Å². The zero-order chi connectivity index (χ0) is 19.6. The highest BCUT2D eigenvalue weighted by Gasteiger charge is 2.62. The summed E-state index contributed by atoms with van der Waals surface area (Å²) in [6, 6.07) is 6.95. The molecule has 1 atom stereocenters. The largest absolute Gasteiger partial charge is 0.465 e. The van der Waals surface area contributed by atoms with E-state index in [9.17, 15) is 14.4 Å². The lowest BCUT2D eigenvalue weighted by Gasteiger charge is -2.41. The van der Waals surface area contributed by atoms with Crippen molar-refractivity contribution in [1.29, 1.82) is 0 Å². The third kappa shape index (κ3) is 2.17. The van der Waals surface area contributed by atoms with Gasteiger partial charge in [-0.05, 0) is 11.5 Å². The summed E-state index contributed by atoms with van der Waals surface area (Å²) in [6.07, 6.45) is 0.668. The molecule has 4 rings (SSSR count). The van der Waals surface area contributed by atoms with Gasteiger partial charge >= 0.3 is 5.97 Å². The second kappa shape index (κ2) is 5.45. The van der Waals surface area contributed by atoms with Crippen LogP contribution in [0.15, 0.2) is 47.1 Å². The Labute approximate surface area is 156 Å². The first-order valence-corrected chi connectivity index (χ1v) is 8.66. The van der Waals surface area contributed by atoms with Crippen molar-refractivity contribution in [1.82, 2.24) is 0 Å². The van der Waals surface area contributed by atoms with Crippen LogP contribution in [0.4, 0.5) is 5.69 Å². The number of nitrogens with one attached hydrogen (secondary N) is 1. The first-order valence-electron chi connectivity index (χ1n) is 8.66. The normalized spacial score (nSPS) is 25.7. The lowest BCUT2D eigenvalue weighted by Crippen LogP contribution is -2.50. The molecule has 7 heteroatoms. The number of carbonyl (C=O) groups excluding carboxylic acids is 3. The molecule has 1 aliphatic carbocycles. The summed E-state index contributed by atoms with van der Waals surface area (Å²) in [7, 11) is 1.20. The molecular formula is C20H20N2O5. The van der Waals surface area contributed by atoms with Gasteiger partial charge in [-0.3, -0.25) is 9.59 Å². The number of esters is 1. The predicted octanol–water partition coefficient (Wildman–Crippen LogP) is 1.89. The predicted molar refractivity (Wildman–Crippen MR) is 96.1 cm³/mol. The van der Waals surface area contributed by atoms with Gasteiger partial charge in [0.25, 0.3) is 0 Å². The van der Waals surface area contributed by atoms with Gasteiger partial charge in [-0.15, -0.1) is 0 Å². The number of rotatable bonds is 1. The summed E-state index contributed by atoms with van der Waals surface area (Å²) in [5.41, 5.74) is 5.16. The maximum atomic E-state index is 13.3. The molecule has 7 nitrogen and oxygen atoms in total. The van der Waals surface area contributed by atoms with Gasteiger partial charge in [0.05, 0.1) is 12.7 Å². The van der Waals surface area contributed by atoms with Gasteiger partial charge in [-0.1, -0.05) is 32.0 Å². The van der Waals surface area contributed by atoms with E-state index in [2.05, 4.69) is 5.32 Å². The molecule has 3 N–H and O–H groups in total. The zero-order valence-electron chi connectivity index (χ0n) is 15.3. The average Bonchev–Trinajstić information content (AvgIpc) is 2.85. The number of anilines is 1. The molecule has 0 fully saturated rings. The van der Waals surface area contributed by atoms with Crippen LogP contribution in [0.5, 0.6) is 0 Å². The van der Waals surface area contributed by atoms with Gasteiger partial charge in [-0.2, -0.15) is 0 Å². The van der Waals surface area contributed by atoms with E-state index < -0.39 is 17.3 Å². The highest BCUT2D eigenvalue weighted by atomic mass is 16.5. The van der Waals surface area contributed by atoms with Gasteiger partial charge in [0.1, 0.15) is 16.7 Å². The molecule has 0 saturated carbocycles. The topological polar surface area (TPSA) is 108 Å². The number of amides is 1. The van der Waals surface area contributed by atoms with E-state index in [1.165, 1.54) is 7.11 Å². The fraction of sp³-hybridized carbons (Fsp3) is 0.350. The number of carbonyl (C=O) groups is 3. The summed E-state index contributed by atoms with van der Waals surface area (Å²) >= 11 is 0. The molecule has 0 saturated heterocycles. The smallest absolute Gasteiger partial charge is 0.340 e. The third-order valence-corrected chi connectivity index (χ3v) is 5.37. The van der Waals surface area contributed by atoms with E-state index in [1.54, 1.807) is 24.3 Å². The molecule has 0 bridgehead atoms. The zero-order valence-corrected chi connectivity index (χ0v) is 15.3. The maximum Gasteiger partial charge on any atom is 0.340 e. The van der Waals surface area contributed by atoms with Gasteiger partial charge in [0.2, 0.25) is 11.8 Å². The Morgan fingerprint density at radius 1 is 1.22 bits per heavy atom. The Morgan fingerprint density at radius 3 is 2.63 bits per heavy atom. The third-order valence-electron chi connectivity index (χ3n) is 5.37. The fourth-order valence-electron chi connectivity index (χ4n) is 4.37. The van der Waals surface area contributed by atoms with Gasteiger partial charge in [0, 0.05) is 24.1 Å². The molecule has 1 spiro atoms. The molecule has 0 unspecified atom stereocenters. The Kier molecular flexibility index (Phi) is 3.50. The number of allylic oxidation sites excluding steroid dienone is 1. The van der Waals surface area contributed by atoms with Crippen LogP contribution in [0.1, 0.15) is 32.3 Å². The summed E-state index contributed by atoms with van der Waals surface area (Å²) < 4.78 is 10.6. The van der Waals surface area contributed by atoms with Crippen LogP contribution in [0, 0.1) is 5.41 Å². The molecule has 2 aliphatic heterocycles. The minimum atomic E-state index is -1.66. The fourth-order valence-corrected chi connectivity index (χ4v) is 4.37. The van der Waals surface area contributed by atoms with Crippen LogP contribution in [0.2, 0.25) is 0 Å². The first-order chi connectivity index (χ1) is 12.7. The number of para-hydroxylation sites is 1. The van der Waals surface area contributed by atoms with Crippen molar-refractivity contribution in [3.8, 4) is 0 Å². The van der Waals surface area contributed by atoms with Crippen LogP contribution >= 0.6 is 0 Å². The molecule has 1 aromatic rings. The van der Waals surface area contributed by atoms with Crippen molar-refractivity contribution in [3.63, 3.8) is 0 Å². The molecule has 0 radical (unpaired) electrons. The number of ether oxygens (including phenoxy) is 2. The van der Waals surface area contributed by atoms with Crippen molar-refractivity contribution < 1.29 is 23.9 Å². The van der Waals surface area contributed by atoms with Crippen molar-refractivity contribution in [2.24, 2.45) is 11.1 Å². The SMILES string of the molecule is COC(=O)C1=C(N)OC2=C(C(=O)CC(C)(C)C2)[C@@]12C(=O)Nc1ccccc12. The Hall–Kier alpha value is -3.09. The first kappa shape index (κ1) is 17.3. The van der Waals surface area contributed by atoms with E-state index >= 15 is 0 Å². The van der Waals surface area contributed by atoms with Crippen LogP contribution < -0.4 is 11.1 Å². The van der Waals surface area contributed by atoms with Crippen LogP contribution in [0.3, 0.4) is 0 Å². The molecule has 1 aromatic carbocycles. The number of Topliss-reactive ketones (excluding diaryl/α,β-unsaturated/α-hetero) is 1. The van der Waals surface area contributed by atoms with E-state index in [-0.39, 0.29) is 34.6 Å². The molecule has 2 heterocycles. The number of benzene rings is 1. The number of ketones is 1. The molecular weight excluding hydrogens is 348 g/mol. The monoisotopic (exact) mass is 368 g/mol. The van der Waals surface area contributed by atoms with Crippen LogP contribution in [-0.4, -0.2) is 24.8 Å². The Balaban J connectivity index is 2.09. The minimum absolute atomic E-state index is 0.153. The summed E-state index contributed by atoms with van der Waals surface area (Å²) in [5, 5.41) is 2.78. The molecule has 27 heavy (non-hydrogen) atoms. The molecule has 3 aliphatic rings. The number of nitrogens with two attached hydrogens (primary N) is 1. The van der Waals surface area contributed by atoms with Gasteiger partial charge < -0.3 is 20.5 Å². The molecule has 140 valence electrons. The number of hydrogen-bond donors (Lipinski definition) is 2. The lowest BCUT2D eigenvalue weighted by atomic mass is 9.62. The highest BCUT2D eigenvalue weighted by Crippen LogP contribution is 2.55. The van der Waals surface area contributed by atoms with Crippen molar-refractivity contribution in [2.75, 3.05) is 12.4 Å².